The molecule has 1 amide bonds. The molecule has 5 nitrogen and oxygen atoms in total. The number of nitrogens with one attached hydrogen (secondary N) is 1. The summed E-state index contributed by atoms with van der Waals surface area (Å²) >= 11 is 0. The summed E-state index contributed by atoms with van der Waals surface area (Å²) in [7, 11) is 0. The quantitative estimate of drug-likeness (QED) is 0.886. The van der Waals surface area contributed by atoms with E-state index in [4.69, 9.17) is 4.42 Å². The van der Waals surface area contributed by atoms with Crippen molar-refractivity contribution in [2.24, 2.45) is 5.92 Å². The minimum atomic E-state index is -2.64. The Morgan fingerprint density at radius 3 is 2.64 bits per heavy atom. The number of aromatic hydroxyl groups is 1. The van der Waals surface area contributed by atoms with Gasteiger partial charge >= 0.3 is 0 Å². The van der Waals surface area contributed by atoms with Crippen LogP contribution >= 0.6 is 0 Å². The van der Waals surface area contributed by atoms with Crippen molar-refractivity contribution in [2.45, 2.75) is 31.6 Å². The Labute approximate surface area is 140 Å². The molecule has 25 heavy (non-hydrogen) atoms. The lowest BCUT2D eigenvalue weighted by Gasteiger charge is -2.28. The first-order valence-electron chi connectivity index (χ1n) is 7.87. The van der Waals surface area contributed by atoms with Crippen LogP contribution in [0.3, 0.4) is 0 Å². The molecule has 1 heterocycles. The second kappa shape index (κ2) is 6.42. The lowest BCUT2D eigenvalue weighted by molar-refractivity contribution is -0.0452. The van der Waals surface area contributed by atoms with Gasteiger partial charge in [-0.15, -0.1) is 0 Å². The van der Waals surface area contributed by atoms with Crippen molar-refractivity contribution in [3.63, 3.8) is 0 Å². The highest BCUT2D eigenvalue weighted by molar-refractivity contribution is 5.93. The topological polar surface area (TPSA) is 79.5 Å². The maximum Gasteiger partial charge on any atom is 0.287 e. The number of hydrogen-bond donors (Lipinski definition) is 2. The van der Waals surface area contributed by atoms with E-state index in [9.17, 15) is 27.9 Å². The molecule has 0 unspecified atom stereocenters. The van der Waals surface area contributed by atoms with Gasteiger partial charge in [0.2, 0.25) is 5.92 Å². The van der Waals surface area contributed by atoms with Gasteiger partial charge < -0.3 is 14.8 Å². The van der Waals surface area contributed by atoms with Gasteiger partial charge in [0.1, 0.15) is 5.82 Å². The fourth-order valence-electron chi connectivity index (χ4n) is 2.95. The first kappa shape index (κ1) is 17.3. The van der Waals surface area contributed by atoms with E-state index in [1.54, 1.807) is 0 Å². The van der Waals surface area contributed by atoms with Gasteiger partial charge in [-0.3, -0.25) is 9.59 Å². The molecule has 8 heteroatoms. The standard InChI is InChI=1S/C17H16F3NO4/c18-10-5-11-12(22)7-14(25-15(11)13(23)6-10)16(24)21-8-9-1-3-17(19,20)4-2-9/h5-7,9,23H,1-4,8H2,(H,21,24). The number of carbonyl (C=O) groups is 1. The number of phenolic OH excluding ortho intramolecular Hbond substituents is 1. The Morgan fingerprint density at radius 1 is 1.28 bits per heavy atom. The molecule has 0 spiro atoms. The van der Waals surface area contributed by atoms with E-state index in [1.807, 2.05) is 0 Å². The largest absolute Gasteiger partial charge is 0.504 e. The van der Waals surface area contributed by atoms with Crippen LogP contribution in [0.25, 0.3) is 11.0 Å². The molecule has 1 aromatic carbocycles. The number of phenols is 1. The summed E-state index contributed by atoms with van der Waals surface area (Å²) < 4.78 is 44.7. The maximum atomic E-state index is 13.2. The van der Waals surface area contributed by atoms with E-state index in [1.165, 1.54) is 0 Å². The number of rotatable bonds is 3. The SMILES string of the molecule is O=C(NCC1CCC(F)(F)CC1)c1cc(=O)c2cc(F)cc(O)c2o1. The summed E-state index contributed by atoms with van der Waals surface area (Å²) in [6.45, 7) is 0.187. The third-order valence-electron chi connectivity index (χ3n) is 4.39. The van der Waals surface area contributed by atoms with Crippen LogP contribution in [0.4, 0.5) is 13.2 Å². The van der Waals surface area contributed by atoms with Crippen LogP contribution in [0.2, 0.25) is 0 Å². The van der Waals surface area contributed by atoms with Gasteiger partial charge in [-0.25, -0.2) is 13.2 Å². The number of alkyl halides is 2. The summed E-state index contributed by atoms with van der Waals surface area (Å²) in [5, 5.41) is 12.1. The normalized spacial score (nSPS) is 17.6. The van der Waals surface area contributed by atoms with Gasteiger partial charge in [0.05, 0.1) is 5.39 Å². The average molecular weight is 355 g/mol. The van der Waals surface area contributed by atoms with Crippen LogP contribution < -0.4 is 10.7 Å². The Kier molecular flexibility index (Phi) is 4.45. The smallest absolute Gasteiger partial charge is 0.287 e. The monoisotopic (exact) mass is 355 g/mol. The molecule has 0 saturated heterocycles. The first-order chi connectivity index (χ1) is 11.7. The van der Waals surface area contributed by atoms with Crippen molar-refractivity contribution in [2.75, 3.05) is 6.54 Å². The molecule has 0 radical (unpaired) electrons. The molecule has 0 atom stereocenters. The number of fused-ring (bicyclic) bond motifs is 1. The van der Waals surface area contributed by atoms with Crippen LogP contribution in [0, 0.1) is 11.7 Å². The van der Waals surface area contributed by atoms with E-state index in [0.29, 0.717) is 12.8 Å². The molecule has 1 aromatic heterocycles. The second-order valence-corrected chi connectivity index (χ2v) is 6.29. The average Bonchev–Trinajstić information content (AvgIpc) is 2.54. The predicted molar refractivity (Wildman–Crippen MR) is 83.3 cm³/mol. The van der Waals surface area contributed by atoms with Gasteiger partial charge in [-0.05, 0) is 24.8 Å². The molecule has 0 bridgehead atoms. The lowest BCUT2D eigenvalue weighted by Crippen LogP contribution is -2.34. The number of hydrogen-bond acceptors (Lipinski definition) is 4. The van der Waals surface area contributed by atoms with Crippen molar-refractivity contribution in [1.29, 1.82) is 0 Å². The molecular weight excluding hydrogens is 339 g/mol. The zero-order valence-electron chi connectivity index (χ0n) is 13.2. The van der Waals surface area contributed by atoms with E-state index < -0.39 is 28.8 Å². The lowest BCUT2D eigenvalue weighted by atomic mass is 9.87. The van der Waals surface area contributed by atoms with Crippen LogP contribution in [0.1, 0.15) is 36.2 Å². The van der Waals surface area contributed by atoms with Crippen molar-refractivity contribution in [3.8, 4) is 5.75 Å². The van der Waals surface area contributed by atoms with Gasteiger partial charge in [0.25, 0.3) is 5.91 Å². The van der Waals surface area contributed by atoms with Crippen LogP contribution in [-0.4, -0.2) is 23.5 Å². The maximum absolute atomic E-state index is 13.2. The third kappa shape index (κ3) is 3.78. The molecule has 3 rings (SSSR count). The minimum absolute atomic E-state index is 0.0711. The Balaban J connectivity index is 1.73. The van der Waals surface area contributed by atoms with Crippen molar-refractivity contribution in [1.82, 2.24) is 5.32 Å². The molecule has 1 saturated carbocycles. The molecule has 2 aromatic rings. The number of halogens is 3. The highest BCUT2D eigenvalue weighted by Gasteiger charge is 2.34. The summed E-state index contributed by atoms with van der Waals surface area (Å²) in [6, 6.07) is 2.59. The number of amides is 1. The highest BCUT2D eigenvalue weighted by Crippen LogP contribution is 2.35. The predicted octanol–water partition coefficient (Wildman–Crippen LogP) is 3.19. The number of benzene rings is 1. The Morgan fingerprint density at radius 2 is 1.96 bits per heavy atom. The van der Waals surface area contributed by atoms with Crippen LogP contribution in [0.15, 0.2) is 27.4 Å². The number of carbonyl (C=O) groups excluding carboxylic acids is 1. The zero-order chi connectivity index (χ0) is 18.2. The van der Waals surface area contributed by atoms with E-state index >= 15 is 0 Å². The molecule has 134 valence electrons. The van der Waals surface area contributed by atoms with Crippen LogP contribution in [0.5, 0.6) is 5.75 Å². The van der Waals surface area contributed by atoms with Gasteiger partial charge in [-0.1, -0.05) is 0 Å². The van der Waals surface area contributed by atoms with E-state index in [2.05, 4.69) is 5.32 Å². The van der Waals surface area contributed by atoms with Crippen LogP contribution in [-0.2, 0) is 0 Å². The second-order valence-electron chi connectivity index (χ2n) is 6.29. The zero-order valence-corrected chi connectivity index (χ0v) is 13.2. The third-order valence-corrected chi connectivity index (χ3v) is 4.39. The van der Waals surface area contributed by atoms with Gasteiger partial charge in [-0.2, -0.15) is 0 Å². The van der Waals surface area contributed by atoms with Gasteiger partial charge in [0.15, 0.2) is 22.5 Å². The molecule has 2 N–H and O–H groups in total. The highest BCUT2D eigenvalue weighted by atomic mass is 19.3. The van der Waals surface area contributed by atoms with Gasteiger partial charge in [0, 0.05) is 31.5 Å². The molecule has 1 fully saturated rings. The molecule has 1 aliphatic rings. The van der Waals surface area contributed by atoms with Crippen molar-refractivity contribution >= 4 is 16.9 Å². The summed E-state index contributed by atoms with van der Waals surface area (Å²) in [5.41, 5.74) is -0.949. The molecular formula is C17H16F3NO4. The Bertz CT molecular complexity index is 868. The fourth-order valence-corrected chi connectivity index (χ4v) is 2.95. The fraction of sp³-hybridized carbons (Fsp3) is 0.412. The summed E-state index contributed by atoms with van der Waals surface area (Å²) in [6.07, 6.45) is 0.181. The summed E-state index contributed by atoms with van der Waals surface area (Å²) in [4.78, 5) is 24.1. The first-order valence-corrected chi connectivity index (χ1v) is 7.87. The molecule has 0 aliphatic heterocycles. The van der Waals surface area contributed by atoms with Crippen molar-refractivity contribution in [3.05, 3.63) is 40.0 Å². The Hall–Kier alpha value is -2.51. The molecule has 1 aliphatic carbocycles. The minimum Gasteiger partial charge on any atom is -0.504 e. The van der Waals surface area contributed by atoms with E-state index in [0.717, 1.165) is 18.2 Å². The van der Waals surface area contributed by atoms with Crippen molar-refractivity contribution < 1.29 is 27.5 Å². The summed E-state index contributed by atoms with van der Waals surface area (Å²) in [5.74, 6) is -5.13. The van der Waals surface area contributed by atoms with E-state index in [-0.39, 0.29) is 42.0 Å².